The van der Waals surface area contributed by atoms with Crippen molar-refractivity contribution in [2.45, 2.75) is 5.82 Å². The number of hydrogen-bond acceptors (Lipinski definition) is 1. The number of hydrogen-bond donors (Lipinski definition) is 0. The second-order valence-electron chi connectivity index (χ2n) is 0.739. The van der Waals surface area contributed by atoms with Gasteiger partial charge in [-0.15, -0.1) is 0 Å². The summed E-state index contributed by atoms with van der Waals surface area (Å²) in [6.45, 7) is 3.46. The third-order valence-electron chi connectivity index (χ3n) is 0.371. The van der Waals surface area contributed by atoms with Crippen LogP contribution in [0, 0.1) is 11.3 Å². The number of rotatable bonds is 1. The van der Waals surface area contributed by atoms with Crippen molar-refractivity contribution in [1.29, 1.82) is 5.26 Å². The van der Waals surface area contributed by atoms with Crippen molar-refractivity contribution in [1.82, 2.24) is 0 Å². The zero-order chi connectivity index (χ0) is 4.99. The Labute approximate surface area is 43.8 Å². The van der Waals surface area contributed by atoms with Crippen LogP contribution in [0.2, 0.25) is 5.82 Å². The van der Waals surface area contributed by atoms with Gasteiger partial charge in [-0.1, -0.05) is 0 Å². The first kappa shape index (κ1) is 5.75. The van der Waals surface area contributed by atoms with Crippen molar-refractivity contribution >= 4 is 15.0 Å². The molecule has 0 N–H and O–H groups in total. The summed E-state index contributed by atoms with van der Waals surface area (Å²) in [5.74, 6) is 1.97. The molecule has 6 heavy (non-hydrogen) atoms. The van der Waals surface area contributed by atoms with Crippen molar-refractivity contribution < 1.29 is 0 Å². The van der Waals surface area contributed by atoms with Gasteiger partial charge in [0.25, 0.3) is 0 Å². The van der Waals surface area contributed by atoms with Gasteiger partial charge in [0.15, 0.2) is 0 Å². The van der Waals surface area contributed by atoms with E-state index < -0.39 is 0 Å². The molecule has 0 aliphatic rings. The van der Waals surface area contributed by atoms with E-state index in [1.165, 1.54) is 0 Å². The molecule has 0 aliphatic heterocycles. The Morgan fingerprint density at radius 1 is 2.00 bits per heavy atom. The van der Waals surface area contributed by atoms with Crippen LogP contribution >= 0.6 is 0 Å². The standard InChI is InChI=1S/C4H5NSe/c1-4(3-5)6-2/h1H2,2H3. The molecule has 0 aromatic heterocycles. The van der Waals surface area contributed by atoms with Crippen LogP contribution in [0.25, 0.3) is 0 Å². The van der Waals surface area contributed by atoms with Crippen molar-refractivity contribution in [2.24, 2.45) is 0 Å². The molecule has 0 saturated carbocycles. The molecule has 32 valence electrons. The van der Waals surface area contributed by atoms with Gasteiger partial charge in [0, 0.05) is 0 Å². The minimum atomic E-state index is 0.328. The molecule has 0 saturated heterocycles. The van der Waals surface area contributed by atoms with Crippen molar-refractivity contribution in [3.63, 3.8) is 0 Å². The Kier molecular flexibility index (Phi) is 2.84. The summed E-state index contributed by atoms with van der Waals surface area (Å²) < 4.78 is 0.711. The predicted octanol–water partition coefficient (Wildman–Crippen LogP) is 0.776. The molecule has 0 aliphatic carbocycles. The molecule has 0 aromatic carbocycles. The quantitative estimate of drug-likeness (QED) is 0.396. The topological polar surface area (TPSA) is 23.8 Å². The Hall–Kier alpha value is -0.251. The van der Waals surface area contributed by atoms with Crippen LogP contribution in [0.15, 0.2) is 11.1 Å². The molecule has 0 amide bonds. The fourth-order valence-corrected chi connectivity index (χ4v) is 0.237. The van der Waals surface area contributed by atoms with Crippen molar-refractivity contribution in [2.75, 3.05) is 0 Å². The molecule has 0 unspecified atom stereocenters. The van der Waals surface area contributed by atoms with Crippen LogP contribution in [0.4, 0.5) is 0 Å². The molecule has 0 bridgehead atoms. The molecule has 0 rings (SSSR count). The Morgan fingerprint density at radius 2 is 2.50 bits per heavy atom. The van der Waals surface area contributed by atoms with Gasteiger partial charge < -0.3 is 0 Å². The van der Waals surface area contributed by atoms with E-state index in [-0.39, 0.29) is 0 Å². The van der Waals surface area contributed by atoms with Crippen LogP contribution in [-0.4, -0.2) is 15.0 Å². The van der Waals surface area contributed by atoms with E-state index in [9.17, 15) is 0 Å². The molecule has 0 fully saturated rings. The summed E-state index contributed by atoms with van der Waals surface area (Å²) in [4.78, 5) is 0. The third kappa shape index (κ3) is 2.02. The number of allylic oxidation sites excluding steroid dienone is 1. The van der Waals surface area contributed by atoms with Gasteiger partial charge in [-0.25, -0.2) is 0 Å². The predicted molar refractivity (Wildman–Crippen MR) is 26.4 cm³/mol. The first-order valence-corrected chi connectivity index (χ1v) is 4.01. The minimum absolute atomic E-state index is 0.328. The first-order valence-electron chi connectivity index (χ1n) is 1.44. The van der Waals surface area contributed by atoms with Gasteiger partial charge in [0.1, 0.15) is 0 Å². The molecule has 0 radical (unpaired) electrons. The van der Waals surface area contributed by atoms with E-state index in [1.54, 1.807) is 0 Å². The summed E-state index contributed by atoms with van der Waals surface area (Å²) in [5.41, 5.74) is 0. The normalized spacial score (nSPS) is 6.67. The van der Waals surface area contributed by atoms with Crippen LogP contribution in [0.3, 0.4) is 0 Å². The SMILES string of the molecule is C=C(C#N)[Se]C. The average Bonchev–Trinajstić information content (AvgIpc) is 1.65. The van der Waals surface area contributed by atoms with Crippen LogP contribution in [0.1, 0.15) is 0 Å². The number of nitrogens with zero attached hydrogens (tertiary/aromatic N) is 1. The maximum absolute atomic E-state index is 8.00. The fourth-order valence-electron chi connectivity index (χ4n) is 0.0456. The van der Waals surface area contributed by atoms with Gasteiger partial charge >= 0.3 is 43.2 Å². The van der Waals surface area contributed by atoms with E-state index in [0.29, 0.717) is 19.4 Å². The van der Waals surface area contributed by atoms with Gasteiger partial charge in [0.2, 0.25) is 0 Å². The Balaban J connectivity index is 3.33. The van der Waals surface area contributed by atoms with Crippen LogP contribution in [0.5, 0.6) is 0 Å². The average molecular weight is 146 g/mol. The fraction of sp³-hybridized carbons (Fsp3) is 0.250. The second-order valence-corrected chi connectivity index (χ2v) is 2.63. The Bertz CT molecular complexity index is 90.2. The molecular weight excluding hydrogens is 141 g/mol. The third-order valence-corrected chi connectivity index (χ3v) is 1.60. The molecular formula is C4H5NSe. The van der Waals surface area contributed by atoms with E-state index in [4.69, 9.17) is 5.26 Å². The van der Waals surface area contributed by atoms with Gasteiger partial charge in [-0.05, 0) is 0 Å². The Morgan fingerprint density at radius 3 is 2.50 bits per heavy atom. The maximum atomic E-state index is 8.00. The van der Waals surface area contributed by atoms with Gasteiger partial charge in [0.05, 0.1) is 0 Å². The molecule has 0 heterocycles. The van der Waals surface area contributed by atoms with E-state index in [2.05, 4.69) is 6.58 Å². The summed E-state index contributed by atoms with van der Waals surface area (Å²) in [5, 5.41) is 8.00. The molecule has 1 nitrogen and oxygen atoms in total. The van der Waals surface area contributed by atoms with E-state index >= 15 is 0 Å². The summed E-state index contributed by atoms with van der Waals surface area (Å²) >= 11 is 0.328. The van der Waals surface area contributed by atoms with E-state index in [0.717, 1.165) is 0 Å². The van der Waals surface area contributed by atoms with Crippen molar-refractivity contribution in [3.05, 3.63) is 11.1 Å². The van der Waals surface area contributed by atoms with Gasteiger partial charge in [-0.2, -0.15) is 0 Å². The van der Waals surface area contributed by atoms with Crippen molar-refractivity contribution in [3.8, 4) is 6.07 Å². The molecule has 0 aromatic rings. The molecule has 0 atom stereocenters. The summed E-state index contributed by atoms with van der Waals surface area (Å²) in [6.07, 6.45) is 0. The zero-order valence-electron chi connectivity index (χ0n) is 3.56. The summed E-state index contributed by atoms with van der Waals surface area (Å²) in [6, 6.07) is 1.95. The van der Waals surface area contributed by atoms with Crippen LogP contribution < -0.4 is 0 Å². The second kappa shape index (κ2) is 2.96. The first-order chi connectivity index (χ1) is 2.81. The van der Waals surface area contributed by atoms with Gasteiger partial charge in [-0.3, -0.25) is 0 Å². The number of nitriles is 1. The van der Waals surface area contributed by atoms with E-state index in [1.807, 2.05) is 11.9 Å². The monoisotopic (exact) mass is 147 g/mol. The zero-order valence-corrected chi connectivity index (χ0v) is 5.28. The molecule has 2 heteroatoms. The summed E-state index contributed by atoms with van der Waals surface area (Å²) in [7, 11) is 0. The molecule has 0 spiro atoms. The van der Waals surface area contributed by atoms with Crippen LogP contribution in [-0.2, 0) is 0 Å².